The quantitative estimate of drug-likeness (QED) is 0.607. The number of benzene rings is 1. The molecular weight excluding hydrogens is 399 g/mol. The highest BCUT2D eigenvalue weighted by Crippen LogP contribution is 2.43. The summed E-state index contributed by atoms with van der Waals surface area (Å²) in [7, 11) is -3.19. The maximum Gasteiger partial charge on any atom is 0.415 e. The van der Waals surface area contributed by atoms with Crippen LogP contribution < -0.4 is 0 Å². The highest BCUT2D eigenvalue weighted by atomic mass is 32.2. The molecule has 29 heavy (non-hydrogen) atoms. The Kier molecular flexibility index (Phi) is 6.01. The van der Waals surface area contributed by atoms with Crippen molar-refractivity contribution in [2.45, 2.75) is 63.8 Å². The molecule has 0 aromatic heterocycles. The van der Waals surface area contributed by atoms with Gasteiger partial charge in [0.2, 0.25) is 0 Å². The molecule has 1 aliphatic heterocycles. The van der Waals surface area contributed by atoms with Crippen LogP contribution in [0.1, 0.15) is 58.4 Å². The Labute approximate surface area is 171 Å². The van der Waals surface area contributed by atoms with E-state index in [1.807, 2.05) is 0 Å². The maximum atomic E-state index is 13.6. The zero-order chi connectivity index (χ0) is 21.4. The molecule has 3 rings (SSSR count). The van der Waals surface area contributed by atoms with Crippen LogP contribution in [0.4, 0.5) is 13.2 Å². The molecular formula is C22H28F3NO2S. The maximum absolute atomic E-state index is 13.6. The van der Waals surface area contributed by atoms with Gasteiger partial charge < -0.3 is 0 Å². The molecule has 0 saturated heterocycles. The van der Waals surface area contributed by atoms with E-state index in [1.54, 1.807) is 51.1 Å². The molecule has 7 heteroatoms. The van der Waals surface area contributed by atoms with Gasteiger partial charge in [-0.15, -0.1) is 0 Å². The van der Waals surface area contributed by atoms with Crippen LogP contribution in [0.2, 0.25) is 0 Å². The average molecular weight is 428 g/mol. The minimum Gasteiger partial charge on any atom is -0.256 e. The second-order valence-corrected chi connectivity index (χ2v) is 11.9. The lowest BCUT2D eigenvalue weighted by Crippen LogP contribution is -2.35. The Balaban J connectivity index is 1.71. The Bertz CT molecular complexity index is 902. The number of sulfone groups is 1. The molecule has 1 aliphatic carbocycles. The number of hydrogen-bond donors (Lipinski definition) is 0. The lowest BCUT2D eigenvalue weighted by molar-refractivity contribution is -0.0917. The van der Waals surface area contributed by atoms with Gasteiger partial charge >= 0.3 is 6.18 Å². The second-order valence-electron chi connectivity index (χ2n) is 9.08. The normalized spacial score (nSPS) is 24.0. The molecule has 1 aromatic rings. The molecule has 0 unspecified atom stereocenters. The Morgan fingerprint density at radius 2 is 1.59 bits per heavy atom. The first-order valence-electron chi connectivity index (χ1n) is 10.0. The third kappa shape index (κ3) is 4.93. The first-order chi connectivity index (χ1) is 13.4. The molecule has 2 aliphatic rings. The van der Waals surface area contributed by atoms with E-state index in [2.05, 4.69) is 4.99 Å². The molecule has 0 spiro atoms. The van der Waals surface area contributed by atoms with E-state index in [0.29, 0.717) is 37.0 Å². The van der Waals surface area contributed by atoms with Crippen LogP contribution in [0.15, 0.2) is 40.9 Å². The van der Waals surface area contributed by atoms with Gasteiger partial charge in [0.25, 0.3) is 0 Å². The van der Waals surface area contributed by atoms with Gasteiger partial charge in [0, 0.05) is 17.7 Å². The number of hydrogen-bond acceptors (Lipinski definition) is 3. The van der Waals surface area contributed by atoms with Crippen molar-refractivity contribution in [2.24, 2.45) is 16.8 Å². The number of halogens is 3. The van der Waals surface area contributed by atoms with Gasteiger partial charge in [-0.25, -0.2) is 8.42 Å². The van der Waals surface area contributed by atoms with E-state index in [1.165, 1.54) is 0 Å². The van der Waals surface area contributed by atoms with Crippen molar-refractivity contribution in [3.8, 4) is 0 Å². The fourth-order valence-corrected chi connectivity index (χ4v) is 5.50. The van der Waals surface area contributed by atoms with Gasteiger partial charge in [-0.05, 0) is 58.3 Å². The van der Waals surface area contributed by atoms with E-state index in [4.69, 9.17) is 0 Å². The Hall–Kier alpha value is -1.63. The number of rotatable bonds is 4. The fraction of sp³-hybridized carbons (Fsp3) is 0.591. The van der Waals surface area contributed by atoms with Crippen molar-refractivity contribution in [1.29, 1.82) is 0 Å². The van der Waals surface area contributed by atoms with E-state index < -0.39 is 26.3 Å². The van der Waals surface area contributed by atoms with Gasteiger partial charge in [-0.1, -0.05) is 30.3 Å². The molecule has 1 saturated carbocycles. The topological polar surface area (TPSA) is 46.5 Å². The molecule has 0 bridgehead atoms. The lowest BCUT2D eigenvalue weighted by atomic mass is 9.79. The predicted molar refractivity (Wildman–Crippen MR) is 110 cm³/mol. The molecule has 1 fully saturated rings. The van der Waals surface area contributed by atoms with E-state index >= 15 is 0 Å². The first-order valence-corrected chi connectivity index (χ1v) is 11.7. The summed E-state index contributed by atoms with van der Waals surface area (Å²) in [6.07, 6.45) is -1.77. The van der Waals surface area contributed by atoms with Crippen LogP contribution in [0.3, 0.4) is 0 Å². The Morgan fingerprint density at radius 1 is 1.00 bits per heavy atom. The van der Waals surface area contributed by atoms with Crippen LogP contribution in [0.25, 0.3) is 5.70 Å². The molecule has 160 valence electrons. The van der Waals surface area contributed by atoms with Crippen molar-refractivity contribution in [2.75, 3.05) is 5.75 Å². The molecule has 1 aromatic carbocycles. The monoisotopic (exact) mass is 427 g/mol. The summed E-state index contributed by atoms with van der Waals surface area (Å²) in [5.41, 5.74) is 0.537. The molecule has 0 atom stereocenters. The van der Waals surface area contributed by atoms with E-state index in [9.17, 15) is 21.6 Å². The van der Waals surface area contributed by atoms with Gasteiger partial charge in [0.15, 0.2) is 9.84 Å². The van der Waals surface area contributed by atoms with E-state index in [-0.39, 0.29) is 29.7 Å². The molecule has 3 nitrogen and oxygen atoms in total. The summed E-state index contributed by atoms with van der Waals surface area (Å²) in [4.78, 5) is 4.43. The van der Waals surface area contributed by atoms with Crippen molar-refractivity contribution in [3.05, 3.63) is 41.5 Å². The van der Waals surface area contributed by atoms with Crippen molar-refractivity contribution in [1.82, 2.24) is 0 Å². The summed E-state index contributed by atoms with van der Waals surface area (Å²) in [6.45, 7) is 5.12. The van der Waals surface area contributed by atoms with Crippen LogP contribution in [0, 0.1) is 11.8 Å². The third-order valence-corrected chi connectivity index (χ3v) is 8.77. The molecule has 1 heterocycles. The zero-order valence-corrected chi connectivity index (χ0v) is 17.9. The minimum atomic E-state index is -4.41. The number of nitrogens with zero attached hydrogens (tertiary/aromatic N) is 1. The van der Waals surface area contributed by atoms with Crippen LogP contribution in [-0.2, 0) is 9.84 Å². The molecule has 0 N–H and O–H groups in total. The van der Waals surface area contributed by atoms with Crippen molar-refractivity contribution >= 4 is 21.2 Å². The highest BCUT2D eigenvalue weighted by molar-refractivity contribution is 7.92. The van der Waals surface area contributed by atoms with Crippen molar-refractivity contribution in [3.63, 3.8) is 0 Å². The van der Waals surface area contributed by atoms with Gasteiger partial charge in [0.1, 0.15) is 0 Å². The summed E-state index contributed by atoms with van der Waals surface area (Å²) < 4.78 is 64.9. The zero-order valence-electron chi connectivity index (χ0n) is 17.1. The minimum absolute atomic E-state index is 0.0119. The summed E-state index contributed by atoms with van der Waals surface area (Å²) in [6, 6.07) is 8.50. The predicted octanol–water partition coefficient (Wildman–Crippen LogP) is 5.82. The third-order valence-electron chi connectivity index (χ3n) is 5.99. The molecule has 0 amide bonds. The summed E-state index contributed by atoms with van der Waals surface area (Å²) in [5.74, 6) is 0.208. The smallest absolute Gasteiger partial charge is 0.256 e. The number of alkyl halides is 3. The van der Waals surface area contributed by atoms with Crippen LogP contribution in [-0.4, -0.2) is 30.8 Å². The number of aliphatic imine (C=N–C) groups is 1. The van der Waals surface area contributed by atoms with Gasteiger partial charge in [-0.3, -0.25) is 4.99 Å². The number of allylic oxidation sites excluding steroid dienone is 1. The fourth-order valence-electron chi connectivity index (χ4n) is 4.04. The lowest BCUT2D eigenvalue weighted by Gasteiger charge is -2.30. The summed E-state index contributed by atoms with van der Waals surface area (Å²) >= 11 is 0. The van der Waals surface area contributed by atoms with Gasteiger partial charge in [-0.2, -0.15) is 13.2 Å². The van der Waals surface area contributed by atoms with Crippen LogP contribution >= 0.6 is 0 Å². The van der Waals surface area contributed by atoms with Crippen LogP contribution in [0.5, 0.6) is 0 Å². The second kappa shape index (κ2) is 7.89. The average Bonchev–Trinajstić information content (AvgIpc) is 3.08. The van der Waals surface area contributed by atoms with Crippen molar-refractivity contribution < 1.29 is 21.6 Å². The SMILES string of the molecule is CC(C)(C)S(=O)(=O)CC1CCC(C2=NC(c3ccccc3)=C(C(F)(F)F)C2)CC1. The molecule has 0 radical (unpaired) electrons. The first kappa shape index (κ1) is 22.1. The van der Waals surface area contributed by atoms with Gasteiger partial charge in [0.05, 0.1) is 21.8 Å². The largest absolute Gasteiger partial charge is 0.415 e. The Morgan fingerprint density at radius 3 is 2.10 bits per heavy atom. The van der Waals surface area contributed by atoms with E-state index in [0.717, 1.165) is 0 Å². The highest BCUT2D eigenvalue weighted by Gasteiger charge is 2.42. The summed E-state index contributed by atoms with van der Waals surface area (Å²) in [5, 5.41) is 0. The standard InChI is InChI=1S/C22H28F3NO2S/c1-21(2,3)29(27,28)14-15-9-11-16(12-10-15)19-13-18(22(23,24)25)20(26-19)17-7-5-4-6-8-17/h4-8,15-16H,9-14H2,1-3H3.